The monoisotopic (exact) mass is 216 g/mol. The van der Waals surface area contributed by atoms with Crippen molar-refractivity contribution in [2.75, 3.05) is 40.0 Å². The molecular weight excluding hydrogens is 196 g/mol. The van der Waals surface area contributed by atoms with Crippen LogP contribution in [0.3, 0.4) is 0 Å². The van der Waals surface area contributed by atoms with Gasteiger partial charge in [-0.1, -0.05) is 0 Å². The van der Waals surface area contributed by atoms with Gasteiger partial charge in [-0.3, -0.25) is 4.79 Å². The lowest BCUT2D eigenvalue weighted by Gasteiger charge is -2.16. The number of likely N-dealkylation sites (N-methyl/N-ethyl adjacent to an activating group) is 1. The molecule has 1 fully saturated rings. The largest absolute Gasteiger partial charge is 0.380 e. The molecule has 2 N–H and O–H groups in total. The zero-order valence-electron chi connectivity index (χ0n) is 9.41. The molecule has 0 aromatic heterocycles. The average Bonchev–Trinajstić information content (AvgIpc) is 2.72. The van der Waals surface area contributed by atoms with E-state index in [2.05, 4.69) is 10.6 Å². The lowest BCUT2D eigenvalue weighted by atomic mass is 10.0. The Bertz CT molecular complexity index is 199. The fourth-order valence-electron chi connectivity index (χ4n) is 1.62. The first kappa shape index (κ1) is 12.4. The minimum absolute atomic E-state index is 0.0477. The number of hydrogen-bond donors (Lipinski definition) is 2. The van der Waals surface area contributed by atoms with Gasteiger partial charge in [-0.2, -0.15) is 0 Å². The molecule has 1 rings (SSSR count). The summed E-state index contributed by atoms with van der Waals surface area (Å²) in [6, 6.07) is 0.136. The second kappa shape index (κ2) is 6.76. The molecule has 2 unspecified atom stereocenters. The van der Waals surface area contributed by atoms with Crippen LogP contribution in [0.1, 0.15) is 6.92 Å². The predicted molar refractivity (Wildman–Crippen MR) is 56.7 cm³/mol. The van der Waals surface area contributed by atoms with Gasteiger partial charge in [0, 0.05) is 19.2 Å². The molecule has 2 atom stereocenters. The van der Waals surface area contributed by atoms with E-state index in [1.54, 1.807) is 0 Å². The van der Waals surface area contributed by atoms with Gasteiger partial charge in [0.1, 0.15) is 0 Å². The summed E-state index contributed by atoms with van der Waals surface area (Å²) in [5.41, 5.74) is 0. The minimum Gasteiger partial charge on any atom is -0.380 e. The number of amides is 1. The van der Waals surface area contributed by atoms with Crippen LogP contribution in [0, 0.1) is 5.92 Å². The predicted octanol–water partition coefficient (Wildman–Crippen LogP) is -0.626. The van der Waals surface area contributed by atoms with E-state index in [4.69, 9.17) is 9.47 Å². The molecule has 15 heavy (non-hydrogen) atoms. The molecule has 88 valence electrons. The number of carbonyl (C=O) groups excluding carboxylic acids is 1. The lowest BCUT2D eigenvalue weighted by Crippen LogP contribution is -2.43. The minimum atomic E-state index is -0.0726. The maximum Gasteiger partial charge on any atom is 0.227 e. The Kier molecular flexibility index (Phi) is 5.60. The highest BCUT2D eigenvalue weighted by atomic mass is 16.5. The summed E-state index contributed by atoms with van der Waals surface area (Å²) in [6.45, 7) is 4.87. The smallest absolute Gasteiger partial charge is 0.227 e. The highest BCUT2D eigenvalue weighted by molar-refractivity contribution is 5.79. The van der Waals surface area contributed by atoms with Gasteiger partial charge in [0.05, 0.1) is 25.7 Å². The summed E-state index contributed by atoms with van der Waals surface area (Å²) in [4.78, 5) is 11.7. The number of rotatable bonds is 6. The molecule has 1 saturated heterocycles. The SMILES string of the molecule is CCOCCNC(=O)C1COCC1NC. The molecule has 1 aliphatic rings. The van der Waals surface area contributed by atoms with E-state index < -0.39 is 0 Å². The highest BCUT2D eigenvalue weighted by Gasteiger charge is 2.32. The van der Waals surface area contributed by atoms with Crippen LogP contribution in [-0.4, -0.2) is 52.0 Å². The van der Waals surface area contributed by atoms with Crippen LogP contribution in [0.25, 0.3) is 0 Å². The average molecular weight is 216 g/mol. The molecule has 0 aliphatic carbocycles. The van der Waals surface area contributed by atoms with Crippen molar-refractivity contribution >= 4 is 5.91 Å². The summed E-state index contributed by atoms with van der Waals surface area (Å²) >= 11 is 0. The van der Waals surface area contributed by atoms with Gasteiger partial charge in [-0.15, -0.1) is 0 Å². The summed E-state index contributed by atoms with van der Waals surface area (Å²) in [7, 11) is 1.85. The number of ether oxygens (including phenoxy) is 2. The molecule has 0 spiro atoms. The van der Waals surface area contributed by atoms with Crippen LogP contribution < -0.4 is 10.6 Å². The Balaban J connectivity index is 2.21. The standard InChI is InChI=1S/C10H20N2O3/c1-3-14-5-4-12-10(13)8-6-15-7-9(8)11-2/h8-9,11H,3-7H2,1-2H3,(H,12,13). The molecule has 1 amide bonds. The third-order valence-corrected chi connectivity index (χ3v) is 2.54. The Morgan fingerprint density at radius 3 is 3.00 bits per heavy atom. The maximum atomic E-state index is 11.7. The normalized spacial score (nSPS) is 25.5. The second-order valence-corrected chi connectivity index (χ2v) is 3.53. The van der Waals surface area contributed by atoms with Gasteiger partial charge in [0.15, 0.2) is 0 Å². The molecule has 1 heterocycles. The highest BCUT2D eigenvalue weighted by Crippen LogP contribution is 2.12. The van der Waals surface area contributed by atoms with Gasteiger partial charge >= 0.3 is 0 Å². The summed E-state index contributed by atoms with van der Waals surface area (Å²) in [6.07, 6.45) is 0. The topological polar surface area (TPSA) is 59.6 Å². The third kappa shape index (κ3) is 3.77. The van der Waals surface area contributed by atoms with Crippen LogP contribution in [0.15, 0.2) is 0 Å². The summed E-state index contributed by atoms with van der Waals surface area (Å²) in [5, 5.41) is 5.92. The quantitative estimate of drug-likeness (QED) is 0.581. The van der Waals surface area contributed by atoms with E-state index in [1.165, 1.54) is 0 Å². The first-order valence-electron chi connectivity index (χ1n) is 5.40. The maximum absolute atomic E-state index is 11.7. The number of nitrogens with one attached hydrogen (secondary N) is 2. The summed E-state index contributed by atoms with van der Waals surface area (Å²) < 4.78 is 10.4. The van der Waals surface area contributed by atoms with E-state index in [0.717, 1.165) is 0 Å². The third-order valence-electron chi connectivity index (χ3n) is 2.54. The van der Waals surface area contributed by atoms with Crippen molar-refractivity contribution in [1.29, 1.82) is 0 Å². The Hall–Kier alpha value is -0.650. The second-order valence-electron chi connectivity index (χ2n) is 3.53. The lowest BCUT2D eigenvalue weighted by molar-refractivity contribution is -0.125. The Morgan fingerprint density at radius 2 is 2.33 bits per heavy atom. The van der Waals surface area contributed by atoms with Crippen molar-refractivity contribution in [3.8, 4) is 0 Å². The zero-order valence-corrected chi connectivity index (χ0v) is 9.41. The van der Waals surface area contributed by atoms with Gasteiger partial charge in [-0.25, -0.2) is 0 Å². The van der Waals surface area contributed by atoms with Crippen molar-refractivity contribution < 1.29 is 14.3 Å². The van der Waals surface area contributed by atoms with Crippen molar-refractivity contribution in [3.05, 3.63) is 0 Å². The molecule has 0 aromatic carbocycles. The number of carbonyl (C=O) groups is 1. The molecule has 0 saturated carbocycles. The number of hydrogen-bond acceptors (Lipinski definition) is 4. The molecule has 0 aromatic rings. The Morgan fingerprint density at radius 1 is 1.53 bits per heavy atom. The van der Waals surface area contributed by atoms with Crippen LogP contribution in [0.4, 0.5) is 0 Å². The molecule has 0 radical (unpaired) electrons. The van der Waals surface area contributed by atoms with Gasteiger partial charge in [0.25, 0.3) is 0 Å². The Labute approximate surface area is 90.5 Å². The molecule has 1 aliphatic heterocycles. The van der Waals surface area contributed by atoms with Crippen LogP contribution >= 0.6 is 0 Å². The molecule has 5 nitrogen and oxygen atoms in total. The van der Waals surface area contributed by atoms with Crippen molar-refractivity contribution in [1.82, 2.24) is 10.6 Å². The van der Waals surface area contributed by atoms with E-state index >= 15 is 0 Å². The van der Waals surface area contributed by atoms with Gasteiger partial charge in [0.2, 0.25) is 5.91 Å². The summed E-state index contributed by atoms with van der Waals surface area (Å²) in [5.74, 6) is -0.0248. The van der Waals surface area contributed by atoms with E-state index in [-0.39, 0.29) is 17.9 Å². The molecule has 0 bridgehead atoms. The first-order chi connectivity index (χ1) is 7.29. The van der Waals surface area contributed by atoms with Crippen molar-refractivity contribution in [3.63, 3.8) is 0 Å². The van der Waals surface area contributed by atoms with Crippen LogP contribution in [-0.2, 0) is 14.3 Å². The first-order valence-corrected chi connectivity index (χ1v) is 5.40. The van der Waals surface area contributed by atoms with E-state index in [0.29, 0.717) is 33.0 Å². The van der Waals surface area contributed by atoms with E-state index in [9.17, 15) is 4.79 Å². The van der Waals surface area contributed by atoms with Gasteiger partial charge < -0.3 is 20.1 Å². The van der Waals surface area contributed by atoms with E-state index in [1.807, 2.05) is 14.0 Å². The van der Waals surface area contributed by atoms with Crippen LogP contribution in [0.5, 0.6) is 0 Å². The fraction of sp³-hybridized carbons (Fsp3) is 0.900. The molecule has 5 heteroatoms. The van der Waals surface area contributed by atoms with Crippen LogP contribution in [0.2, 0.25) is 0 Å². The van der Waals surface area contributed by atoms with Crippen molar-refractivity contribution in [2.24, 2.45) is 5.92 Å². The fourth-order valence-corrected chi connectivity index (χ4v) is 1.62. The molecular formula is C10H20N2O3. The van der Waals surface area contributed by atoms with Gasteiger partial charge in [-0.05, 0) is 14.0 Å². The zero-order chi connectivity index (χ0) is 11.1. The van der Waals surface area contributed by atoms with Crippen molar-refractivity contribution in [2.45, 2.75) is 13.0 Å².